The lowest BCUT2D eigenvalue weighted by molar-refractivity contribution is 0.271. The van der Waals surface area contributed by atoms with Crippen LogP contribution in [0.5, 0.6) is 11.5 Å². The molecular formula is C17H26O2. The zero-order valence-corrected chi connectivity index (χ0v) is 12.7. The van der Waals surface area contributed by atoms with Gasteiger partial charge < -0.3 is 9.47 Å². The highest BCUT2D eigenvalue weighted by atomic mass is 16.5. The molecule has 0 radical (unpaired) electrons. The molecule has 2 nitrogen and oxygen atoms in total. The van der Waals surface area contributed by atoms with Gasteiger partial charge in [0.25, 0.3) is 0 Å². The summed E-state index contributed by atoms with van der Waals surface area (Å²) in [6.07, 6.45) is 6.21. The Morgan fingerprint density at radius 1 is 1.05 bits per heavy atom. The van der Waals surface area contributed by atoms with Gasteiger partial charge in [0.15, 0.2) is 11.5 Å². The number of hydrogen-bond donors (Lipinski definition) is 0. The molecule has 1 aromatic carbocycles. The Hall–Kier alpha value is -1.18. The summed E-state index contributed by atoms with van der Waals surface area (Å²) >= 11 is 0. The molecule has 0 saturated heterocycles. The van der Waals surface area contributed by atoms with Crippen LogP contribution in [0.1, 0.15) is 44.2 Å². The summed E-state index contributed by atoms with van der Waals surface area (Å²) in [7, 11) is 3.46. The third-order valence-electron chi connectivity index (χ3n) is 4.54. The minimum atomic E-state index is 0.786. The van der Waals surface area contributed by atoms with Crippen LogP contribution in [0.25, 0.3) is 0 Å². The van der Waals surface area contributed by atoms with E-state index in [1.54, 1.807) is 14.2 Å². The number of fused-ring (bicyclic) bond motifs is 1. The molecule has 106 valence electrons. The first-order chi connectivity index (χ1) is 9.24. The normalized spacial score (nSPS) is 21.9. The van der Waals surface area contributed by atoms with Crippen LogP contribution >= 0.6 is 0 Å². The Kier molecular flexibility index (Phi) is 4.73. The summed E-state index contributed by atoms with van der Waals surface area (Å²) in [6.45, 7) is 4.60. The van der Waals surface area contributed by atoms with Crippen molar-refractivity contribution in [3.8, 4) is 11.5 Å². The molecule has 0 aliphatic heterocycles. The van der Waals surface area contributed by atoms with Gasteiger partial charge in [0.1, 0.15) is 0 Å². The fourth-order valence-corrected chi connectivity index (χ4v) is 3.51. The van der Waals surface area contributed by atoms with Gasteiger partial charge in [-0.15, -0.1) is 0 Å². The van der Waals surface area contributed by atoms with Gasteiger partial charge in [-0.2, -0.15) is 0 Å². The fourth-order valence-electron chi connectivity index (χ4n) is 3.51. The predicted octanol–water partition coefficient (Wildman–Crippen LogP) is 4.24. The van der Waals surface area contributed by atoms with Crippen molar-refractivity contribution in [3.63, 3.8) is 0 Å². The number of hydrogen-bond acceptors (Lipinski definition) is 2. The summed E-state index contributed by atoms with van der Waals surface area (Å²) in [5, 5.41) is 0. The summed E-state index contributed by atoms with van der Waals surface area (Å²) in [5.74, 6) is 3.44. The van der Waals surface area contributed by atoms with Crippen molar-refractivity contribution < 1.29 is 9.47 Å². The van der Waals surface area contributed by atoms with Gasteiger partial charge in [-0.1, -0.05) is 39.2 Å². The van der Waals surface area contributed by atoms with Crippen molar-refractivity contribution in [2.75, 3.05) is 14.2 Å². The van der Waals surface area contributed by atoms with E-state index in [0.717, 1.165) is 29.8 Å². The van der Waals surface area contributed by atoms with Crippen LogP contribution in [0.2, 0.25) is 0 Å². The molecule has 0 bridgehead atoms. The largest absolute Gasteiger partial charge is 0.493 e. The maximum atomic E-state index is 5.60. The van der Waals surface area contributed by atoms with Crippen LogP contribution in [-0.2, 0) is 12.8 Å². The molecule has 1 aliphatic carbocycles. The molecule has 2 heteroatoms. The first-order valence-corrected chi connectivity index (χ1v) is 7.47. The number of ether oxygens (including phenoxy) is 2. The first-order valence-electron chi connectivity index (χ1n) is 7.47. The average Bonchev–Trinajstić information content (AvgIpc) is 2.45. The smallest absolute Gasteiger partial charge is 0.164 e. The molecule has 1 aliphatic rings. The molecule has 0 N–H and O–H groups in total. The van der Waals surface area contributed by atoms with E-state index >= 15 is 0 Å². The van der Waals surface area contributed by atoms with E-state index in [-0.39, 0.29) is 0 Å². The van der Waals surface area contributed by atoms with E-state index in [1.807, 2.05) is 6.07 Å². The van der Waals surface area contributed by atoms with Crippen LogP contribution in [0, 0.1) is 11.8 Å². The van der Waals surface area contributed by atoms with Gasteiger partial charge in [0, 0.05) is 5.56 Å². The van der Waals surface area contributed by atoms with Gasteiger partial charge >= 0.3 is 0 Å². The zero-order valence-electron chi connectivity index (χ0n) is 12.7. The van der Waals surface area contributed by atoms with Gasteiger partial charge in [-0.05, 0) is 36.3 Å². The first kappa shape index (κ1) is 14.2. The monoisotopic (exact) mass is 262 g/mol. The summed E-state index contributed by atoms with van der Waals surface area (Å²) in [6, 6.07) is 4.28. The van der Waals surface area contributed by atoms with Crippen molar-refractivity contribution in [3.05, 3.63) is 23.3 Å². The Morgan fingerprint density at radius 2 is 1.84 bits per heavy atom. The topological polar surface area (TPSA) is 18.5 Å². The number of methoxy groups -OCH3 is 2. The summed E-state index contributed by atoms with van der Waals surface area (Å²) in [5.41, 5.74) is 2.84. The van der Waals surface area contributed by atoms with Crippen LogP contribution < -0.4 is 9.47 Å². The lowest BCUT2D eigenvalue weighted by Crippen LogP contribution is -2.25. The molecule has 1 unspecified atom stereocenters. The second-order valence-corrected chi connectivity index (χ2v) is 5.56. The van der Waals surface area contributed by atoms with E-state index in [1.165, 1.54) is 36.8 Å². The van der Waals surface area contributed by atoms with Crippen molar-refractivity contribution in [1.82, 2.24) is 0 Å². The highest BCUT2D eigenvalue weighted by molar-refractivity contribution is 5.52. The third-order valence-corrected chi connectivity index (χ3v) is 4.54. The van der Waals surface area contributed by atoms with E-state index in [2.05, 4.69) is 19.9 Å². The van der Waals surface area contributed by atoms with Crippen molar-refractivity contribution in [2.24, 2.45) is 11.8 Å². The second-order valence-electron chi connectivity index (χ2n) is 5.56. The molecule has 19 heavy (non-hydrogen) atoms. The van der Waals surface area contributed by atoms with Crippen LogP contribution in [0.15, 0.2) is 12.1 Å². The minimum absolute atomic E-state index is 0.786. The van der Waals surface area contributed by atoms with Crippen molar-refractivity contribution in [1.29, 1.82) is 0 Å². The van der Waals surface area contributed by atoms with Crippen molar-refractivity contribution >= 4 is 0 Å². The van der Waals surface area contributed by atoms with Crippen molar-refractivity contribution in [2.45, 2.75) is 46.0 Å². The maximum absolute atomic E-state index is 5.60. The molecule has 2 atom stereocenters. The molecular weight excluding hydrogens is 236 g/mol. The lowest BCUT2D eigenvalue weighted by Gasteiger charge is -2.33. The Morgan fingerprint density at radius 3 is 2.42 bits per heavy atom. The predicted molar refractivity (Wildman–Crippen MR) is 79.1 cm³/mol. The quantitative estimate of drug-likeness (QED) is 0.790. The number of benzene rings is 1. The molecule has 2 rings (SSSR count). The average molecular weight is 262 g/mol. The second kappa shape index (κ2) is 6.31. The van der Waals surface area contributed by atoms with Crippen LogP contribution in [0.3, 0.4) is 0 Å². The zero-order chi connectivity index (χ0) is 13.8. The summed E-state index contributed by atoms with van der Waals surface area (Å²) < 4.78 is 11.0. The Bertz CT molecular complexity index is 426. The van der Waals surface area contributed by atoms with E-state index < -0.39 is 0 Å². The molecule has 0 aromatic heterocycles. The maximum Gasteiger partial charge on any atom is 0.164 e. The van der Waals surface area contributed by atoms with Gasteiger partial charge in [-0.25, -0.2) is 0 Å². The highest BCUT2D eigenvalue weighted by Gasteiger charge is 2.29. The van der Waals surface area contributed by atoms with Crippen LogP contribution in [-0.4, -0.2) is 14.2 Å². The van der Waals surface area contributed by atoms with E-state index in [4.69, 9.17) is 9.47 Å². The van der Waals surface area contributed by atoms with Gasteiger partial charge in [0.05, 0.1) is 14.2 Å². The van der Waals surface area contributed by atoms with Gasteiger partial charge in [-0.3, -0.25) is 0 Å². The SMILES string of the molecule is CCCC1Cc2ccc(OC)c(OC)c2C[C@H]1CC. The summed E-state index contributed by atoms with van der Waals surface area (Å²) in [4.78, 5) is 0. The van der Waals surface area contributed by atoms with E-state index in [0.29, 0.717) is 0 Å². The molecule has 0 saturated carbocycles. The highest BCUT2D eigenvalue weighted by Crippen LogP contribution is 2.42. The third kappa shape index (κ3) is 2.72. The van der Waals surface area contributed by atoms with Crippen LogP contribution in [0.4, 0.5) is 0 Å². The van der Waals surface area contributed by atoms with E-state index in [9.17, 15) is 0 Å². The molecule has 1 aromatic rings. The fraction of sp³-hybridized carbons (Fsp3) is 0.647. The molecule has 0 fully saturated rings. The molecule has 0 amide bonds. The Labute approximate surface area is 117 Å². The van der Waals surface area contributed by atoms with Gasteiger partial charge in [0.2, 0.25) is 0 Å². The lowest BCUT2D eigenvalue weighted by atomic mass is 9.72. The Balaban J connectivity index is 2.36. The standard InChI is InChI=1S/C17H26O2/c1-5-7-13-10-14-8-9-16(18-3)17(19-4)15(14)11-12(13)6-2/h8-9,12-13H,5-7,10-11H2,1-4H3/t12-,13?/m1/s1. The minimum Gasteiger partial charge on any atom is -0.493 e. The number of rotatable bonds is 5. The molecule has 0 spiro atoms. The molecule has 0 heterocycles.